The summed E-state index contributed by atoms with van der Waals surface area (Å²) in [5, 5.41) is 14.4. The Hall–Kier alpha value is -5.80. The minimum atomic E-state index is -0.955. The van der Waals surface area contributed by atoms with Crippen LogP contribution in [0, 0.1) is 5.92 Å². The number of carbonyl (C=O) groups is 6. The minimum Gasteiger partial charge on any atom is -0.469 e. The molecular formula is C43H57N7O8. The Morgan fingerprint density at radius 1 is 0.845 bits per heavy atom. The van der Waals surface area contributed by atoms with E-state index in [4.69, 9.17) is 14.9 Å². The molecule has 15 heteroatoms. The van der Waals surface area contributed by atoms with Gasteiger partial charge >= 0.3 is 0 Å². The lowest BCUT2D eigenvalue weighted by Gasteiger charge is -2.32. The van der Waals surface area contributed by atoms with Gasteiger partial charge in [-0.15, -0.1) is 0 Å². The first-order valence-corrected chi connectivity index (χ1v) is 19.9. The third kappa shape index (κ3) is 14.9. The summed E-state index contributed by atoms with van der Waals surface area (Å²) in [4.78, 5) is 80.1. The van der Waals surface area contributed by atoms with Crippen LogP contribution >= 0.6 is 0 Å². The normalized spacial score (nSPS) is 14.9. The number of allylic oxidation sites excluding steroid dienone is 1. The quantitative estimate of drug-likeness (QED) is 0.0645. The van der Waals surface area contributed by atoms with Crippen LogP contribution in [0.4, 0.5) is 0 Å². The van der Waals surface area contributed by atoms with Gasteiger partial charge in [0.1, 0.15) is 17.8 Å². The van der Waals surface area contributed by atoms with Crippen molar-refractivity contribution in [1.82, 2.24) is 31.5 Å². The van der Waals surface area contributed by atoms with E-state index in [0.717, 1.165) is 17.5 Å². The van der Waals surface area contributed by atoms with Crippen molar-refractivity contribution in [2.75, 3.05) is 39.4 Å². The minimum absolute atomic E-state index is 0.0631. The van der Waals surface area contributed by atoms with Crippen molar-refractivity contribution in [3.63, 3.8) is 0 Å². The highest BCUT2D eigenvalue weighted by molar-refractivity contribution is 5.90. The van der Waals surface area contributed by atoms with E-state index >= 15 is 0 Å². The zero-order chi connectivity index (χ0) is 41.7. The first-order chi connectivity index (χ1) is 28.1. The second kappa shape index (κ2) is 24.1. The monoisotopic (exact) mass is 799 g/mol. The number of nitrogens with one attached hydrogen (secondary N) is 5. The Bertz CT molecular complexity index is 1850. The number of nitrogens with two attached hydrogens (primary N) is 1. The third-order valence-corrected chi connectivity index (χ3v) is 9.74. The largest absolute Gasteiger partial charge is 0.469 e. The third-order valence-electron chi connectivity index (χ3n) is 9.74. The Labute approximate surface area is 339 Å². The van der Waals surface area contributed by atoms with E-state index in [0.29, 0.717) is 56.0 Å². The van der Waals surface area contributed by atoms with Crippen LogP contribution in [-0.2, 0) is 65.9 Å². The van der Waals surface area contributed by atoms with Crippen molar-refractivity contribution < 1.29 is 37.9 Å². The van der Waals surface area contributed by atoms with Gasteiger partial charge in [0, 0.05) is 59.0 Å². The number of likely N-dealkylation sites (tertiary alicyclic amines) is 1. The summed E-state index contributed by atoms with van der Waals surface area (Å²) in [5.74, 6) is -1.82. The molecule has 0 spiro atoms. The van der Waals surface area contributed by atoms with Gasteiger partial charge in [-0.1, -0.05) is 61.5 Å². The molecule has 58 heavy (non-hydrogen) atoms. The number of nitrogens with zero attached hydrogens (tertiary/aromatic N) is 1. The zero-order valence-electron chi connectivity index (χ0n) is 33.4. The average molecular weight is 800 g/mol. The highest BCUT2D eigenvalue weighted by atomic mass is 16.5. The molecule has 15 nitrogen and oxygen atoms in total. The predicted octanol–water partition coefficient (Wildman–Crippen LogP) is 1.83. The molecule has 6 amide bonds. The van der Waals surface area contributed by atoms with E-state index < -0.39 is 35.7 Å². The van der Waals surface area contributed by atoms with Crippen molar-refractivity contribution in [3.8, 4) is 0 Å². The first kappa shape index (κ1) is 44.9. The van der Waals surface area contributed by atoms with Gasteiger partial charge in [-0.05, 0) is 59.7 Å². The van der Waals surface area contributed by atoms with Crippen molar-refractivity contribution in [2.24, 2.45) is 11.7 Å². The maximum Gasteiger partial charge on any atom is 0.243 e. The molecule has 1 fully saturated rings. The van der Waals surface area contributed by atoms with Crippen LogP contribution in [-0.4, -0.2) is 91.8 Å². The molecule has 3 atom stereocenters. The van der Waals surface area contributed by atoms with Gasteiger partial charge in [0.05, 0.1) is 31.8 Å². The van der Waals surface area contributed by atoms with Gasteiger partial charge in [-0.3, -0.25) is 28.8 Å². The number of hydrogen-bond donors (Lipinski definition) is 6. The molecule has 0 radical (unpaired) electrons. The van der Waals surface area contributed by atoms with Crippen LogP contribution in [0.25, 0.3) is 0 Å². The molecule has 1 aliphatic heterocycles. The molecule has 312 valence electrons. The summed E-state index contributed by atoms with van der Waals surface area (Å²) in [6, 6.07) is 16.1. The van der Waals surface area contributed by atoms with E-state index in [1.54, 1.807) is 47.4 Å². The van der Waals surface area contributed by atoms with E-state index in [1.165, 1.54) is 19.3 Å². The Balaban J connectivity index is 1.44. The topological polar surface area (TPSA) is 214 Å². The van der Waals surface area contributed by atoms with Gasteiger partial charge in [-0.2, -0.15) is 0 Å². The Kier molecular flexibility index (Phi) is 18.6. The molecule has 0 aliphatic carbocycles. The number of hydrogen-bond acceptors (Lipinski definition) is 9. The molecule has 2 aromatic carbocycles. The summed E-state index contributed by atoms with van der Waals surface area (Å²) in [5.41, 5.74) is 8.40. The lowest BCUT2D eigenvalue weighted by molar-refractivity contribution is -0.136. The zero-order valence-corrected chi connectivity index (χ0v) is 33.4. The number of benzene rings is 2. The SMILES string of the molecule is CC/C=C/C(=O)NCc1ccccc1C[C@H](NC(=O)Cc1ccccc1CNC(=O)[C@H](Cc1ccco1)NC(=O)[C@@H]1CCCN(C(C)=O)C1)C(=O)NCCOCCN. The lowest BCUT2D eigenvalue weighted by atomic mass is 9.96. The van der Waals surface area contributed by atoms with E-state index in [9.17, 15) is 28.8 Å². The summed E-state index contributed by atoms with van der Waals surface area (Å²) < 4.78 is 10.9. The van der Waals surface area contributed by atoms with Gasteiger partial charge in [0.15, 0.2) is 0 Å². The number of rotatable bonds is 22. The van der Waals surface area contributed by atoms with Crippen molar-refractivity contribution >= 4 is 35.4 Å². The van der Waals surface area contributed by atoms with Crippen molar-refractivity contribution in [1.29, 1.82) is 0 Å². The van der Waals surface area contributed by atoms with Gasteiger partial charge in [-0.25, -0.2) is 0 Å². The number of piperidine rings is 1. The first-order valence-electron chi connectivity index (χ1n) is 19.9. The number of ether oxygens (including phenoxy) is 1. The fraction of sp³-hybridized carbons (Fsp3) is 0.442. The molecule has 0 unspecified atom stereocenters. The molecular weight excluding hydrogens is 743 g/mol. The highest BCUT2D eigenvalue weighted by Gasteiger charge is 2.31. The molecule has 0 bridgehead atoms. The van der Waals surface area contributed by atoms with Crippen LogP contribution < -0.4 is 32.3 Å². The van der Waals surface area contributed by atoms with Gasteiger partial charge in [0.2, 0.25) is 35.4 Å². The Morgan fingerprint density at radius 2 is 1.52 bits per heavy atom. The van der Waals surface area contributed by atoms with Crippen molar-refractivity contribution in [2.45, 2.75) is 77.5 Å². The summed E-state index contributed by atoms with van der Waals surface area (Å²) in [7, 11) is 0. The second-order valence-electron chi connectivity index (χ2n) is 14.1. The highest BCUT2D eigenvalue weighted by Crippen LogP contribution is 2.18. The Morgan fingerprint density at radius 3 is 2.21 bits per heavy atom. The van der Waals surface area contributed by atoms with Crippen LogP contribution in [0.5, 0.6) is 0 Å². The predicted molar refractivity (Wildman–Crippen MR) is 218 cm³/mol. The summed E-state index contributed by atoms with van der Waals surface area (Å²) in [6.45, 7) is 5.77. The van der Waals surface area contributed by atoms with Gasteiger partial charge in [0.25, 0.3) is 0 Å². The molecule has 3 aromatic rings. The van der Waals surface area contributed by atoms with Crippen molar-refractivity contribution in [3.05, 3.63) is 107 Å². The van der Waals surface area contributed by atoms with Crippen LogP contribution in [0.1, 0.15) is 61.1 Å². The van der Waals surface area contributed by atoms with E-state index in [-0.39, 0.29) is 63.2 Å². The smallest absolute Gasteiger partial charge is 0.243 e. The standard InChI is InChI=1S/C43H57N7O8/c1-3-4-17-39(52)46-27-33-13-7-5-11-31(33)24-37(42(55)45-19-23-57-22-18-44)48-40(53)25-32-12-6-8-14-34(32)28-47-43(56)38(26-36-16-10-21-58-36)49-41(54)35-15-9-20-50(29-35)30(2)51/h4-8,10-14,16-17,21,35,37-38H,3,9,15,18-20,22-29,44H2,1-2H3,(H,45,55)(H,46,52)(H,47,56)(H,48,53)(H,49,54)/b17-4+/t35-,37+,38+/m1/s1. The molecule has 1 saturated heterocycles. The maximum absolute atomic E-state index is 13.7. The summed E-state index contributed by atoms with van der Waals surface area (Å²) >= 11 is 0. The fourth-order valence-corrected chi connectivity index (χ4v) is 6.61. The summed E-state index contributed by atoms with van der Waals surface area (Å²) in [6.07, 6.45) is 6.96. The van der Waals surface area contributed by atoms with Gasteiger partial charge < -0.3 is 46.4 Å². The van der Waals surface area contributed by atoms with E-state index in [1.807, 2.05) is 31.2 Å². The fourth-order valence-electron chi connectivity index (χ4n) is 6.61. The van der Waals surface area contributed by atoms with Crippen LogP contribution in [0.2, 0.25) is 0 Å². The van der Waals surface area contributed by atoms with E-state index in [2.05, 4.69) is 26.6 Å². The molecule has 0 saturated carbocycles. The molecule has 4 rings (SSSR count). The maximum atomic E-state index is 13.7. The molecule has 7 N–H and O–H groups in total. The lowest BCUT2D eigenvalue weighted by Crippen LogP contribution is -2.52. The van der Waals surface area contributed by atoms with Crippen LogP contribution in [0.15, 0.2) is 83.5 Å². The molecule has 1 aromatic heterocycles. The van der Waals surface area contributed by atoms with Crippen LogP contribution in [0.3, 0.4) is 0 Å². The number of amides is 6. The molecule has 1 aliphatic rings. The second-order valence-corrected chi connectivity index (χ2v) is 14.1. The number of furan rings is 1. The molecule has 2 heterocycles. The average Bonchev–Trinajstić information content (AvgIpc) is 3.74. The number of carbonyl (C=O) groups excluding carboxylic acids is 6.